The molecule has 0 aromatic heterocycles. The highest BCUT2D eigenvalue weighted by Crippen LogP contribution is 2.28. The van der Waals surface area contributed by atoms with Crippen molar-refractivity contribution in [3.8, 4) is 0 Å². The van der Waals surface area contributed by atoms with Crippen LogP contribution in [0, 0.1) is 11.8 Å². The summed E-state index contributed by atoms with van der Waals surface area (Å²) in [5, 5.41) is 0. The average Bonchev–Trinajstić information content (AvgIpc) is 2.96. The van der Waals surface area contributed by atoms with E-state index in [1.165, 1.54) is 0 Å². The van der Waals surface area contributed by atoms with Crippen molar-refractivity contribution >= 4 is 17.5 Å². The van der Waals surface area contributed by atoms with Crippen LogP contribution in [0.1, 0.15) is 78.1 Å². The van der Waals surface area contributed by atoms with E-state index < -0.39 is 0 Å². The van der Waals surface area contributed by atoms with Crippen LogP contribution in [-0.4, -0.2) is 24.1 Å². The highest BCUT2D eigenvalue weighted by molar-refractivity contribution is 5.95. The molecule has 4 heteroatoms. The molecule has 0 bridgehead atoms. The maximum absolute atomic E-state index is 12.1. The standard InChI is InChI=1S/C22H34O4/c1-3-5-8-11-19(23)16-14-18-15-17-21(24)20(18)12-9-6-7-10-13-22(25)26-4-2/h14-18,20H,3-13H2,1-2H3. The van der Waals surface area contributed by atoms with Crippen molar-refractivity contribution in [3.05, 3.63) is 24.3 Å². The van der Waals surface area contributed by atoms with Crippen LogP contribution in [0.4, 0.5) is 0 Å². The Morgan fingerprint density at radius 1 is 1.04 bits per heavy atom. The van der Waals surface area contributed by atoms with Crippen molar-refractivity contribution in [2.75, 3.05) is 6.61 Å². The Balaban J connectivity index is 2.26. The molecule has 0 saturated carbocycles. The lowest BCUT2D eigenvalue weighted by Crippen LogP contribution is -2.14. The lowest BCUT2D eigenvalue weighted by Gasteiger charge is -2.14. The minimum Gasteiger partial charge on any atom is -0.466 e. The van der Waals surface area contributed by atoms with Crippen LogP contribution in [0.2, 0.25) is 0 Å². The Morgan fingerprint density at radius 2 is 1.77 bits per heavy atom. The molecule has 1 aliphatic carbocycles. The fourth-order valence-corrected chi connectivity index (χ4v) is 3.26. The van der Waals surface area contributed by atoms with Gasteiger partial charge in [0.05, 0.1) is 6.61 Å². The van der Waals surface area contributed by atoms with E-state index in [9.17, 15) is 14.4 Å². The average molecular weight is 363 g/mol. The van der Waals surface area contributed by atoms with Crippen molar-refractivity contribution in [1.82, 2.24) is 0 Å². The second kappa shape index (κ2) is 13.5. The highest BCUT2D eigenvalue weighted by atomic mass is 16.5. The first-order valence-corrected chi connectivity index (χ1v) is 10.2. The summed E-state index contributed by atoms with van der Waals surface area (Å²) in [5.74, 6) is 0.224. The molecule has 0 spiro atoms. The zero-order valence-electron chi connectivity index (χ0n) is 16.4. The molecule has 2 atom stereocenters. The number of esters is 1. The number of hydrogen-bond acceptors (Lipinski definition) is 4. The number of carbonyl (C=O) groups is 3. The van der Waals surface area contributed by atoms with E-state index in [1.54, 1.807) is 12.2 Å². The molecular weight excluding hydrogens is 328 g/mol. The zero-order chi connectivity index (χ0) is 19.2. The van der Waals surface area contributed by atoms with Crippen LogP contribution in [0.3, 0.4) is 0 Å². The van der Waals surface area contributed by atoms with Gasteiger partial charge in [0.1, 0.15) is 0 Å². The van der Waals surface area contributed by atoms with Crippen LogP contribution in [0.25, 0.3) is 0 Å². The van der Waals surface area contributed by atoms with E-state index in [0.29, 0.717) is 19.4 Å². The molecule has 0 saturated heterocycles. The first-order chi connectivity index (χ1) is 12.6. The van der Waals surface area contributed by atoms with E-state index in [2.05, 4.69) is 6.92 Å². The van der Waals surface area contributed by atoms with Gasteiger partial charge < -0.3 is 4.74 Å². The molecule has 0 heterocycles. The van der Waals surface area contributed by atoms with Crippen molar-refractivity contribution in [3.63, 3.8) is 0 Å². The third-order valence-electron chi connectivity index (χ3n) is 4.80. The van der Waals surface area contributed by atoms with E-state index >= 15 is 0 Å². The summed E-state index contributed by atoms with van der Waals surface area (Å²) in [4.78, 5) is 35.2. The molecular formula is C22H34O4. The third kappa shape index (κ3) is 9.12. The molecule has 2 unspecified atom stereocenters. The van der Waals surface area contributed by atoms with Gasteiger partial charge in [0, 0.05) is 24.7 Å². The number of rotatable bonds is 14. The van der Waals surface area contributed by atoms with E-state index in [4.69, 9.17) is 4.74 Å². The Morgan fingerprint density at radius 3 is 2.50 bits per heavy atom. The van der Waals surface area contributed by atoms with Crippen molar-refractivity contribution < 1.29 is 19.1 Å². The van der Waals surface area contributed by atoms with Gasteiger partial charge >= 0.3 is 5.97 Å². The normalized spacial score (nSPS) is 19.4. The third-order valence-corrected chi connectivity index (χ3v) is 4.80. The van der Waals surface area contributed by atoms with Gasteiger partial charge in [0.2, 0.25) is 0 Å². The van der Waals surface area contributed by atoms with Crippen LogP contribution in [0.15, 0.2) is 24.3 Å². The number of carbonyl (C=O) groups excluding carboxylic acids is 3. The van der Waals surface area contributed by atoms with Gasteiger partial charge in [-0.1, -0.05) is 51.2 Å². The smallest absolute Gasteiger partial charge is 0.305 e. The number of ketones is 2. The monoisotopic (exact) mass is 362 g/mol. The highest BCUT2D eigenvalue weighted by Gasteiger charge is 2.27. The largest absolute Gasteiger partial charge is 0.466 e. The van der Waals surface area contributed by atoms with Gasteiger partial charge in [0.25, 0.3) is 0 Å². The van der Waals surface area contributed by atoms with Crippen molar-refractivity contribution in [2.24, 2.45) is 11.8 Å². The van der Waals surface area contributed by atoms with Crippen LogP contribution >= 0.6 is 0 Å². The van der Waals surface area contributed by atoms with E-state index in [0.717, 1.165) is 51.4 Å². The molecule has 0 amide bonds. The second-order valence-electron chi connectivity index (χ2n) is 6.99. The van der Waals surface area contributed by atoms with E-state index in [-0.39, 0.29) is 29.4 Å². The first-order valence-electron chi connectivity index (χ1n) is 10.2. The molecule has 4 nitrogen and oxygen atoms in total. The molecule has 0 aliphatic heterocycles. The summed E-state index contributed by atoms with van der Waals surface area (Å²) in [7, 11) is 0. The predicted octanol–water partition coefficient (Wildman–Crippen LogP) is 4.97. The zero-order valence-corrected chi connectivity index (χ0v) is 16.4. The van der Waals surface area contributed by atoms with Gasteiger partial charge in [-0.15, -0.1) is 0 Å². The minimum atomic E-state index is -0.128. The molecule has 0 radical (unpaired) electrons. The molecule has 0 fully saturated rings. The number of unbranched alkanes of at least 4 members (excludes halogenated alkanes) is 5. The Bertz CT molecular complexity index is 504. The Hall–Kier alpha value is -1.71. The summed E-state index contributed by atoms with van der Waals surface area (Å²) < 4.78 is 4.91. The van der Waals surface area contributed by atoms with Crippen molar-refractivity contribution in [1.29, 1.82) is 0 Å². The SMILES string of the molecule is CCCCCC(=O)C=CC1C=CC(=O)C1CCCCCCC(=O)OCC. The predicted molar refractivity (Wildman–Crippen MR) is 104 cm³/mol. The first kappa shape index (κ1) is 22.3. The molecule has 146 valence electrons. The molecule has 0 N–H and O–H groups in total. The van der Waals surface area contributed by atoms with Gasteiger partial charge in [-0.05, 0) is 38.3 Å². The van der Waals surface area contributed by atoms with Gasteiger partial charge in [-0.3, -0.25) is 14.4 Å². The molecule has 26 heavy (non-hydrogen) atoms. The quantitative estimate of drug-likeness (QED) is 0.249. The summed E-state index contributed by atoms with van der Waals surface area (Å²) in [6, 6.07) is 0. The molecule has 1 rings (SSSR count). The summed E-state index contributed by atoms with van der Waals surface area (Å²) >= 11 is 0. The molecule has 0 aromatic rings. The summed E-state index contributed by atoms with van der Waals surface area (Å²) in [5.41, 5.74) is 0. The lowest BCUT2D eigenvalue weighted by atomic mass is 9.88. The summed E-state index contributed by atoms with van der Waals surface area (Å²) in [6.45, 7) is 4.37. The number of hydrogen-bond donors (Lipinski definition) is 0. The number of ether oxygens (including phenoxy) is 1. The lowest BCUT2D eigenvalue weighted by molar-refractivity contribution is -0.143. The fourth-order valence-electron chi connectivity index (χ4n) is 3.26. The van der Waals surface area contributed by atoms with Crippen LogP contribution in [0.5, 0.6) is 0 Å². The van der Waals surface area contributed by atoms with Gasteiger partial charge in [0.15, 0.2) is 11.6 Å². The van der Waals surface area contributed by atoms with Gasteiger partial charge in [-0.2, -0.15) is 0 Å². The maximum Gasteiger partial charge on any atom is 0.305 e. The van der Waals surface area contributed by atoms with Gasteiger partial charge in [-0.25, -0.2) is 0 Å². The fraction of sp³-hybridized carbons (Fsp3) is 0.682. The van der Waals surface area contributed by atoms with E-state index in [1.807, 2.05) is 19.1 Å². The topological polar surface area (TPSA) is 60.4 Å². The molecule has 1 aliphatic rings. The van der Waals surface area contributed by atoms with Crippen LogP contribution in [-0.2, 0) is 19.1 Å². The maximum atomic E-state index is 12.1. The Labute approximate surface area is 158 Å². The molecule has 0 aromatic carbocycles. The summed E-state index contributed by atoms with van der Waals surface area (Å²) in [6.07, 6.45) is 16.0. The Kier molecular flexibility index (Phi) is 11.6. The number of allylic oxidation sites excluding steroid dienone is 4. The second-order valence-corrected chi connectivity index (χ2v) is 6.99. The minimum absolute atomic E-state index is 0.0280. The van der Waals surface area contributed by atoms with Crippen LogP contribution < -0.4 is 0 Å². The van der Waals surface area contributed by atoms with Crippen molar-refractivity contribution in [2.45, 2.75) is 78.1 Å².